The first kappa shape index (κ1) is 11.6. The maximum atomic E-state index is 10.9. The number of primary amides is 1. The summed E-state index contributed by atoms with van der Waals surface area (Å²) in [5.41, 5.74) is 5.61. The first-order chi connectivity index (χ1) is 6.90. The average molecular weight is 229 g/mol. The highest BCUT2D eigenvalue weighted by molar-refractivity contribution is 7.88. The van der Waals surface area contributed by atoms with E-state index in [0.29, 0.717) is 5.56 Å². The molecule has 0 spiro atoms. The van der Waals surface area contributed by atoms with Gasteiger partial charge in [0.1, 0.15) is 5.69 Å². The van der Waals surface area contributed by atoms with Gasteiger partial charge in [0.05, 0.1) is 6.26 Å². The van der Waals surface area contributed by atoms with Crippen molar-refractivity contribution in [2.45, 2.75) is 6.54 Å². The molecule has 0 fully saturated rings. The second kappa shape index (κ2) is 4.37. The van der Waals surface area contributed by atoms with Crippen LogP contribution < -0.4 is 10.5 Å². The zero-order chi connectivity index (χ0) is 11.5. The number of hydrogen-bond donors (Lipinski definition) is 2. The molecule has 6 nitrogen and oxygen atoms in total. The molecule has 0 bridgehead atoms. The van der Waals surface area contributed by atoms with Crippen molar-refractivity contribution in [3.8, 4) is 0 Å². The summed E-state index contributed by atoms with van der Waals surface area (Å²) in [6.45, 7) is 0.00491. The minimum atomic E-state index is -3.29. The third kappa shape index (κ3) is 3.64. The zero-order valence-electron chi connectivity index (χ0n) is 8.10. The lowest BCUT2D eigenvalue weighted by Crippen LogP contribution is -2.24. The molecule has 0 radical (unpaired) electrons. The van der Waals surface area contributed by atoms with E-state index in [2.05, 4.69) is 9.71 Å². The van der Waals surface area contributed by atoms with Crippen molar-refractivity contribution in [2.24, 2.45) is 5.73 Å². The Labute approximate surface area is 87.6 Å². The number of aromatic nitrogens is 1. The van der Waals surface area contributed by atoms with Crippen molar-refractivity contribution in [3.63, 3.8) is 0 Å². The number of nitrogens with one attached hydrogen (secondary N) is 1. The molecule has 0 aliphatic carbocycles. The fourth-order valence-corrected chi connectivity index (χ4v) is 1.43. The van der Waals surface area contributed by atoms with E-state index >= 15 is 0 Å². The molecule has 1 aromatic rings. The molecule has 0 atom stereocenters. The maximum Gasteiger partial charge on any atom is 0.267 e. The van der Waals surface area contributed by atoms with E-state index in [0.717, 1.165) is 6.26 Å². The number of nitrogens with two attached hydrogens (primary N) is 1. The van der Waals surface area contributed by atoms with Crippen LogP contribution in [0, 0.1) is 0 Å². The van der Waals surface area contributed by atoms with Gasteiger partial charge in [-0.1, -0.05) is 6.07 Å². The number of hydrogen-bond acceptors (Lipinski definition) is 4. The van der Waals surface area contributed by atoms with Crippen LogP contribution in [0.3, 0.4) is 0 Å². The lowest BCUT2D eigenvalue weighted by atomic mass is 10.2. The predicted molar refractivity (Wildman–Crippen MR) is 54.4 cm³/mol. The third-order valence-electron chi connectivity index (χ3n) is 1.65. The van der Waals surface area contributed by atoms with Gasteiger partial charge in [0.25, 0.3) is 5.91 Å². The minimum absolute atomic E-state index is 0.00491. The van der Waals surface area contributed by atoms with E-state index in [-0.39, 0.29) is 12.2 Å². The van der Waals surface area contributed by atoms with E-state index in [1.54, 1.807) is 12.1 Å². The molecular weight excluding hydrogens is 218 g/mol. The van der Waals surface area contributed by atoms with Gasteiger partial charge in [-0.05, 0) is 11.6 Å². The summed E-state index contributed by atoms with van der Waals surface area (Å²) in [5.74, 6) is -0.680. The topological polar surface area (TPSA) is 102 Å². The van der Waals surface area contributed by atoms with E-state index < -0.39 is 15.9 Å². The second-order valence-corrected chi connectivity index (χ2v) is 4.80. The minimum Gasteiger partial charge on any atom is -0.364 e. The largest absolute Gasteiger partial charge is 0.364 e. The van der Waals surface area contributed by atoms with Crippen LogP contribution in [0.5, 0.6) is 0 Å². The summed E-state index contributed by atoms with van der Waals surface area (Å²) in [7, 11) is -3.29. The van der Waals surface area contributed by atoms with Gasteiger partial charge in [-0.15, -0.1) is 0 Å². The standard InChI is InChI=1S/C8H11N3O3S/c1-15(13,14)11-5-6-3-2-4-10-7(6)8(9)12/h2-4,11H,5H2,1H3,(H2,9,12). The van der Waals surface area contributed by atoms with Gasteiger partial charge in [-0.25, -0.2) is 13.1 Å². The van der Waals surface area contributed by atoms with Crippen molar-refractivity contribution in [1.82, 2.24) is 9.71 Å². The first-order valence-corrected chi connectivity index (χ1v) is 5.97. The van der Waals surface area contributed by atoms with E-state index in [1.807, 2.05) is 0 Å². The molecule has 0 aliphatic rings. The van der Waals surface area contributed by atoms with Crippen molar-refractivity contribution in [2.75, 3.05) is 6.26 Å². The highest BCUT2D eigenvalue weighted by atomic mass is 32.2. The number of amides is 1. The van der Waals surface area contributed by atoms with Crippen LogP contribution >= 0.6 is 0 Å². The number of carbonyl (C=O) groups is 1. The molecule has 0 saturated heterocycles. The molecular formula is C8H11N3O3S. The second-order valence-electron chi connectivity index (χ2n) is 2.97. The molecule has 1 amide bonds. The van der Waals surface area contributed by atoms with Crippen LogP contribution in [0.4, 0.5) is 0 Å². The van der Waals surface area contributed by atoms with E-state index in [4.69, 9.17) is 5.73 Å². The molecule has 7 heteroatoms. The molecule has 1 aromatic heterocycles. The maximum absolute atomic E-state index is 10.9. The van der Waals surface area contributed by atoms with Crippen LogP contribution in [-0.2, 0) is 16.6 Å². The molecule has 0 unspecified atom stereocenters. The molecule has 0 saturated carbocycles. The van der Waals surface area contributed by atoms with Crippen LogP contribution in [0.25, 0.3) is 0 Å². The Hall–Kier alpha value is -1.47. The quantitative estimate of drug-likeness (QED) is 0.707. The summed E-state index contributed by atoms with van der Waals surface area (Å²) in [6, 6.07) is 3.19. The molecule has 1 rings (SSSR count). The smallest absolute Gasteiger partial charge is 0.267 e. The molecule has 15 heavy (non-hydrogen) atoms. The summed E-state index contributed by atoms with van der Waals surface area (Å²) in [5, 5.41) is 0. The Balaban J connectivity index is 2.90. The fourth-order valence-electron chi connectivity index (χ4n) is 1.01. The van der Waals surface area contributed by atoms with Crippen molar-refractivity contribution in [1.29, 1.82) is 0 Å². The van der Waals surface area contributed by atoms with Crippen molar-refractivity contribution < 1.29 is 13.2 Å². The Morgan fingerprint density at radius 3 is 2.80 bits per heavy atom. The normalized spacial score (nSPS) is 11.3. The number of rotatable bonds is 4. The zero-order valence-corrected chi connectivity index (χ0v) is 8.91. The molecule has 3 N–H and O–H groups in total. The highest BCUT2D eigenvalue weighted by Gasteiger charge is 2.10. The summed E-state index contributed by atoms with van der Waals surface area (Å²) in [4.78, 5) is 14.7. The lowest BCUT2D eigenvalue weighted by molar-refractivity contribution is 0.0994. The molecule has 0 aliphatic heterocycles. The Bertz CT molecular complexity index is 470. The van der Waals surface area contributed by atoms with E-state index in [9.17, 15) is 13.2 Å². The summed E-state index contributed by atoms with van der Waals surface area (Å²) >= 11 is 0. The molecule has 82 valence electrons. The fraction of sp³-hybridized carbons (Fsp3) is 0.250. The Morgan fingerprint density at radius 2 is 2.27 bits per heavy atom. The first-order valence-electron chi connectivity index (χ1n) is 4.08. The third-order valence-corrected chi connectivity index (χ3v) is 2.32. The van der Waals surface area contributed by atoms with Crippen molar-refractivity contribution in [3.05, 3.63) is 29.6 Å². The number of pyridine rings is 1. The summed E-state index contributed by atoms with van der Waals surface area (Å²) in [6.07, 6.45) is 2.46. The van der Waals surface area contributed by atoms with Gasteiger partial charge in [-0.2, -0.15) is 0 Å². The van der Waals surface area contributed by atoms with Crippen LogP contribution in [0.15, 0.2) is 18.3 Å². The highest BCUT2D eigenvalue weighted by Crippen LogP contribution is 2.04. The van der Waals surface area contributed by atoms with Crippen LogP contribution in [-0.4, -0.2) is 25.6 Å². The van der Waals surface area contributed by atoms with Crippen LogP contribution in [0.2, 0.25) is 0 Å². The monoisotopic (exact) mass is 229 g/mol. The Kier molecular flexibility index (Phi) is 3.38. The van der Waals surface area contributed by atoms with Gasteiger partial charge in [0, 0.05) is 12.7 Å². The van der Waals surface area contributed by atoms with Gasteiger partial charge in [0.2, 0.25) is 10.0 Å². The number of sulfonamides is 1. The van der Waals surface area contributed by atoms with Gasteiger partial charge < -0.3 is 5.73 Å². The lowest BCUT2D eigenvalue weighted by Gasteiger charge is -2.05. The number of carbonyl (C=O) groups excluding carboxylic acids is 1. The van der Waals surface area contributed by atoms with Gasteiger partial charge >= 0.3 is 0 Å². The predicted octanol–water partition coefficient (Wildman–Crippen LogP) is -0.770. The van der Waals surface area contributed by atoms with Crippen molar-refractivity contribution >= 4 is 15.9 Å². The SMILES string of the molecule is CS(=O)(=O)NCc1cccnc1C(N)=O. The number of nitrogens with zero attached hydrogens (tertiary/aromatic N) is 1. The van der Waals surface area contributed by atoms with E-state index in [1.165, 1.54) is 6.20 Å². The Morgan fingerprint density at radius 1 is 1.60 bits per heavy atom. The van der Waals surface area contributed by atoms with Gasteiger partial charge in [-0.3, -0.25) is 9.78 Å². The average Bonchev–Trinajstić information content (AvgIpc) is 2.14. The molecule has 0 aromatic carbocycles. The molecule has 1 heterocycles. The summed E-state index contributed by atoms with van der Waals surface area (Å²) < 4.78 is 23.9. The van der Waals surface area contributed by atoms with Crippen LogP contribution in [0.1, 0.15) is 16.1 Å². The van der Waals surface area contributed by atoms with Gasteiger partial charge in [0.15, 0.2) is 0 Å².